The molecule has 0 aliphatic rings. The molecule has 146 valence electrons. The third-order valence-corrected chi connectivity index (χ3v) is 3.78. The molecule has 0 atom stereocenters. The van der Waals surface area contributed by atoms with E-state index in [1.165, 1.54) is 29.2 Å². The maximum Gasteiger partial charge on any atom is 0.573 e. The number of nitrogens with zero attached hydrogens (tertiary/aromatic N) is 2. The van der Waals surface area contributed by atoms with E-state index in [9.17, 15) is 13.2 Å². The van der Waals surface area contributed by atoms with Gasteiger partial charge in [-0.15, -0.1) is 13.2 Å². The van der Waals surface area contributed by atoms with Crippen molar-refractivity contribution < 1.29 is 27.2 Å². The average molecular weight is 392 g/mol. The molecule has 0 amide bonds. The molecule has 28 heavy (non-hydrogen) atoms. The van der Waals surface area contributed by atoms with Gasteiger partial charge in [0.2, 0.25) is 0 Å². The van der Waals surface area contributed by atoms with Crippen molar-refractivity contribution in [3.63, 3.8) is 0 Å². The molecule has 0 bridgehead atoms. The summed E-state index contributed by atoms with van der Waals surface area (Å²) in [5.41, 5.74) is 1.91. The van der Waals surface area contributed by atoms with E-state index in [-0.39, 0.29) is 18.2 Å². The Balaban J connectivity index is 1.78. The van der Waals surface area contributed by atoms with E-state index in [0.717, 1.165) is 18.2 Å². The van der Waals surface area contributed by atoms with Gasteiger partial charge in [-0.25, -0.2) is 0 Å². The summed E-state index contributed by atoms with van der Waals surface area (Å²) in [6, 6.07) is 10.7. The highest BCUT2D eigenvalue weighted by molar-refractivity contribution is 5.87. The monoisotopic (exact) mass is 392 g/mol. The number of nitrogens with one attached hydrogen (secondary N) is 2. The second-order valence-electron chi connectivity index (χ2n) is 5.62. The van der Waals surface area contributed by atoms with Crippen LogP contribution in [0.15, 0.2) is 47.0 Å². The Kier molecular flexibility index (Phi) is 5.48. The molecule has 3 rings (SSSR count). The molecule has 2 aromatic carbocycles. The van der Waals surface area contributed by atoms with Crippen LogP contribution in [0.3, 0.4) is 0 Å². The Bertz CT molecular complexity index is 962. The van der Waals surface area contributed by atoms with Gasteiger partial charge in [-0.1, -0.05) is 18.2 Å². The molecule has 0 aliphatic carbocycles. The van der Waals surface area contributed by atoms with Gasteiger partial charge in [-0.3, -0.25) is 10.8 Å². The molecular weight excluding hydrogens is 377 g/mol. The first kappa shape index (κ1) is 19.2. The number of alkyl halides is 3. The molecule has 2 N–H and O–H groups in total. The highest BCUT2D eigenvalue weighted by Gasteiger charge is 2.30. The molecular formula is C18H15F3N4O3. The number of benzene rings is 2. The lowest BCUT2D eigenvalue weighted by Crippen LogP contribution is -2.24. The van der Waals surface area contributed by atoms with Crippen LogP contribution in [0.5, 0.6) is 11.6 Å². The lowest BCUT2D eigenvalue weighted by molar-refractivity contribution is -0.274. The smallest absolute Gasteiger partial charge is 0.473 e. The first-order chi connectivity index (χ1) is 13.4. The maximum absolute atomic E-state index is 12.3. The molecule has 10 heteroatoms. The summed E-state index contributed by atoms with van der Waals surface area (Å²) >= 11 is 0. The van der Waals surface area contributed by atoms with Gasteiger partial charge in [-0.2, -0.15) is 0 Å². The van der Waals surface area contributed by atoms with Crippen LogP contribution in [-0.4, -0.2) is 42.2 Å². The van der Waals surface area contributed by atoms with E-state index < -0.39 is 6.36 Å². The van der Waals surface area contributed by atoms with Crippen LogP contribution in [0.4, 0.5) is 13.2 Å². The molecule has 0 unspecified atom stereocenters. The average Bonchev–Trinajstić information content (AvgIpc) is 3.07. The summed E-state index contributed by atoms with van der Waals surface area (Å²) < 4.78 is 51.4. The predicted molar refractivity (Wildman–Crippen MR) is 95.9 cm³/mol. The Labute approximate surface area is 157 Å². The molecule has 0 fully saturated rings. The minimum Gasteiger partial charge on any atom is -0.473 e. The third kappa shape index (κ3) is 4.58. The van der Waals surface area contributed by atoms with Gasteiger partial charge in [0.1, 0.15) is 12.4 Å². The second-order valence-corrected chi connectivity index (χ2v) is 5.62. The van der Waals surface area contributed by atoms with Crippen LogP contribution in [0.25, 0.3) is 22.1 Å². The Morgan fingerprint density at radius 2 is 1.71 bits per heavy atom. The van der Waals surface area contributed by atoms with Gasteiger partial charge in [0, 0.05) is 0 Å². The van der Waals surface area contributed by atoms with Gasteiger partial charge in [-0.05, 0) is 40.5 Å². The number of aromatic nitrogens is 1. The minimum atomic E-state index is -4.74. The van der Waals surface area contributed by atoms with E-state index in [1.807, 2.05) is 0 Å². The molecule has 3 aromatic rings. The minimum absolute atomic E-state index is 0.181. The zero-order valence-electron chi connectivity index (χ0n) is 14.4. The van der Waals surface area contributed by atoms with Crippen molar-refractivity contribution in [1.82, 2.24) is 10.1 Å². The predicted octanol–water partition coefficient (Wildman–Crippen LogP) is 4.29. The largest absolute Gasteiger partial charge is 0.573 e. The van der Waals surface area contributed by atoms with Crippen LogP contribution in [0.2, 0.25) is 0 Å². The normalized spacial score (nSPS) is 11.2. The number of fused-ring (bicyclic) bond motifs is 1. The molecule has 0 aliphatic heterocycles. The summed E-state index contributed by atoms with van der Waals surface area (Å²) in [5, 5.41) is 18.7. The van der Waals surface area contributed by atoms with E-state index >= 15 is 0 Å². The van der Waals surface area contributed by atoms with E-state index in [0.29, 0.717) is 23.1 Å². The van der Waals surface area contributed by atoms with Crippen LogP contribution in [-0.2, 0) is 0 Å². The van der Waals surface area contributed by atoms with Crippen molar-refractivity contribution in [2.24, 2.45) is 0 Å². The summed E-state index contributed by atoms with van der Waals surface area (Å²) in [5.74, 6) is -0.0444. The van der Waals surface area contributed by atoms with Crippen LogP contribution >= 0.6 is 0 Å². The van der Waals surface area contributed by atoms with E-state index in [1.54, 1.807) is 18.2 Å². The van der Waals surface area contributed by atoms with Gasteiger partial charge < -0.3 is 18.9 Å². The first-order valence-electron chi connectivity index (χ1n) is 8.05. The number of halogens is 3. The van der Waals surface area contributed by atoms with Gasteiger partial charge in [0.05, 0.1) is 24.6 Å². The Morgan fingerprint density at radius 1 is 1.04 bits per heavy atom. The van der Waals surface area contributed by atoms with Gasteiger partial charge >= 0.3 is 6.36 Å². The fraction of sp³-hybridized carbons (Fsp3) is 0.167. The fourth-order valence-corrected chi connectivity index (χ4v) is 2.46. The molecule has 1 heterocycles. The number of rotatable bonds is 8. The quantitative estimate of drug-likeness (QED) is 0.440. The summed E-state index contributed by atoms with van der Waals surface area (Å²) in [4.78, 5) is 1.32. The maximum atomic E-state index is 12.3. The summed E-state index contributed by atoms with van der Waals surface area (Å²) in [7, 11) is 0. The first-order valence-corrected chi connectivity index (χ1v) is 8.05. The fourth-order valence-electron chi connectivity index (χ4n) is 2.46. The second kappa shape index (κ2) is 7.99. The molecule has 7 nitrogen and oxygen atoms in total. The van der Waals surface area contributed by atoms with Crippen molar-refractivity contribution in [3.05, 3.63) is 42.5 Å². The number of hydrogen-bond acceptors (Lipinski definition) is 6. The molecule has 0 saturated carbocycles. The van der Waals surface area contributed by atoms with Crippen molar-refractivity contribution in [3.8, 4) is 22.8 Å². The van der Waals surface area contributed by atoms with Crippen molar-refractivity contribution in [2.75, 3.05) is 13.2 Å². The van der Waals surface area contributed by atoms with Crippen LogP contribution in [0, 0.1) is 10.8 Å². The van der Waals surface area contributed by atoms with Crippen molar-refractivity contribution in [1.29, 1.82) is 10.8 Å². The van der Waals surface area contributed by atoms with Gasteiger partial charge in [0.25, 0.3) is 5.88 Å². The van der Waals surface area contributed by atoms with Crippen LogP contribution < -0.4 is 9.47 Å². The van der Waals surface area contributed by atoms with Crippen LogP contribution in [0.1, 0.15) is 0 Å². The molecule has 1 aromatic heterocycles. The molecule has 0 radical (unpaired) electrons. The van der Waals surface area contributed by atoms with Crippen molar-refractivity contribution in [2.45, 2.75) is 6.36 Å². The topological polar surface area (TPSA) is 95.4 Å². The van der Waals surface area contributed by atoms with Gasteiger partial charge in [0.15, 0.2) is 5.58 Å². The lowest BCUT2D eigenvalue weighted by Gasteiger charge is -2.11. The molecule has 0 saturated heterocycles. The SMILES string of the molecule is N=CN(C=N)CCOc1noc2ccc(-c3ccc(OC(F)(F)F)cc3)cc12. The summed E-state index contributed by atoms with van der Waals surface area (Å²) in [6.45, 7) is 0.474. The zero-order chi connectivity index (χ0) is 20.1. The third-order valence-electron chi connectivity index (χ3n) is 3.78. The number of ether oxygens (including phenoxy) is 2. The number of hydrogen-bond donors (Lipinski definition) is 2. The van der Waals surface area contributed by atoms with Crippen molar-refractivity contribution >= 4 is 23.6 Å². The lowest BCUT2D eigenvalue weighted by atomic mass is 10.0. The highest BCUT2D eigenvalue weighted by Crippen LogP contribution is 2.31. The Morgan fingerprint density at radius 3 is 2.36 bits per heavy atom. The molecule has 0 spiro atoms. The zero-order valence-corrected chi connectivity index (χ0v) is 14.4. The van der Waals surface area contributed by atoms with E-state index in [4.69, 9.17) is 20.1 Å². The Hall–Kier alpha value is -3.56. The standard InChI is InChI=1S/C18H15F3N4O3/c19-18(20,21)27-14-4-1-12(2-5-14)13-3-6-16-15(9-13)17(24-28-16)26-8-7-25(10-22)11-23/h1-6,9-11,22-23H,7-8H2. The summed E-state index contributed by atoms with van der Waals surface area (Å²) in [6.07, 6.45) is -2.73. The van der Waals surface area contributed by atoms with E-state index in [2.05, 4.69) is 9.89 Å². The highest BCUT2D eigenvalue weighted by atomic mass is 19.4.